The van der Waals surface area contributed by atoms with Gasteiger partial charge in [0.2, 0.25) is 0 Å². The molecule has 0 fully saturated rings. The summed E-state index contributed by atoms with van der Waals surface area (Å²) >= 11 is 9.53. The summed E-state index contributed by atoms with van der Waals surface area (Å²) in [7, 11) is 0. The van der Waals surface area contributed by atoms with Crippen LogP contribution in [0.5, 0.6) is 0 Å². The van der Waals surface area contributed by atoms with Crippen LogP contribution in [0.4, 0.5) is 0 Å². The number of carboxylic acid groups (broad SMARTS) is 1. The highest BCUT2D eigenvalue weighted by atomic mass is 35.5. The Kier molecular flexibility index (Phi) is 6.53. The summed E-state index contributed by atoms with van der Waals surface area (Å²) in [6.45, 7) is 0. The number of hydrogen-bond donors (Lipinski definition) is 1. The Labute approximate surface area is 80.7 Å². The predicted octanol–water partition coefficient (Wildman–Crippen LogP) is 2.81. The van der Waals surface area contributed by atoms with Gasteiger partial charge in [-0.3, -0.25) is 0 Å². The van der Waals surface area contributed by atoms with Crippen LogP contribution in [0.3, 0.4) is 0 Å². The second-order valence-electron chi connectivity index (χ2n) is 1.77. The number of hydrogen-bond acceptors (Lipinski definition) is 1. The monoisotopic (exact) mass is 206 g/mol. The zero-order valence-corrected chi connectivity index (χ0v) is 7.72. The Bertz CT molecular complexity index is 224. The zero-order valence-electron chi connectivity index (χ0n) is 6.21. The van der Waals surface area contributed by atoms with Gasteiger partial charge in [-0.05, 0) is 12.1 Å². The average molecular weight is 207 g/mol. The van der Waals surface area contributed by atoms with Gasteiger partial charge in [-0.2, -0.15) is 0 Å². The fourth-order valence-corrected chi connectivity index (χ4v) is 0.581. The third kappa shape index (κ3) is 4.99. The number of rotatable bonds is 1. The normalized spacial score (nSPS) is 8.17. The van der Waals surface area contributed by atoms with E-state index in [4.69, 9.17) is 28.3 Å². The second-order valence-corrected chi connectivity index (χ2v) is 2.58. The number of benzene rings is 1. The Balaban J connectivity index is 0.000000354. The third-order valence-electron chi connectivity index (χ3n) is 1.02. The average Bonchev–Trinajstić information content (AvgIpc) is 2.07. The predicted molar refractivity (Wildman–Crippen MR) is 50.0 cm³/mol. The maximum atomic E-state index is 10.2. The molecule has 0 unspecified atom stereocenters. The van der Waals surface area contributed by atoms with Crippen molar-refractivity contribution in [3.8, 4) is 0 Å². The first-order chi connectivity index (χ1) is 5.72. The van der Waals surface area contributed by atoms with Crippen molar-refractivity contribution in [2.24, 2.45) is 0 Å². The van der Waals surface area contributed by atoms with Gasteiger partial charge in [-0.1, -0.05) is 18.2 Å². The quantitative estimate of drug-likeness (QED) is 0.719. The van der Waals surface area contributed by atoms with Crippen molar-refractivity contribution in [1.29, 1.82) is 0 Å². The van der Waals surface area contributed by atoms with Crippen LogP contribution in [0, 0.1) is 0 Å². The van der Waals surface area contributed by atoms with Gasteiger partial charge in [0.15, 0.2) is 0 Å². The largest absolute Gasteiger partial charge is 0.478 e. The number of alkyl halides is 2. The van der Waals surface area contributed by atoms with E-state index in [1.807, 2.05) is 0 Å². The molecule has 0 aliphatic heterocycles. The summed E-state index contributed by atoms with van der Waals surface area (Å²) in [4.78, 5) is 10.2. The van der Waals surface area contributed by atoms with E-state index in [1.165, 1.54) is 0 Å². The summed E-state index contributed by atoms with van der Waals surface area (Å²) in [6, 6.07) is 8.30. The van der Waals surface area contributed by atoms with E-state index in [1.54, 1.807) is 30.3 Å². The van der Waals surface area contributed by atoms with Crippen molar-refractivity contribution in [2.45, 2.75) is 0 Å². The van der Waals surface area contributed by atoms with Crippen molar-refractivity contribution in [1.82, 2.24) is 0 Å². The van der Waals surface area contributed by atoms with E-state index >= 15 is 0 Å². The van der Waals surface area contributed by atoms with Gasteiger partial charge in [-0.15, -0.1) is 23.2 Å². The summed E-state index contributed by atoms with van der Waals surface area (Å²) in [5.41, 5.74) is 0.331. The number of carbonyl (C=O) groups is 1. The minimum atomic E-state index is -0.879. The summed E-state index contributed by atoms with van der Waals surface area (Å²) in [6.07, 6.45) is 0. The molecule has 0 bridgehead atoms. The molecule has 0 aliphatic rings. The Morgan fingerprint density at radius 3 is 1.92 bits per heavy atom. The molecular formula is C8H8Cl2O2. The van der Waals surface area contributed by atoms with Gasteiger partial charge < -0.3 is 5.11 Å². The Morgan fingerprint density at radius 2 is 1.67 bits per heavy atom. The third-order valence-corrected chi connectivity index (χ3v) is 1.02. The minimum absolute atomic E-state index is 0.194. The van der Waals surface area contributed by atoms with Gasteiger partial charge in [0.1, 0.15) is 0 Å². The highest BCUT2D eigenvalue weighted by Gasteiger charge is 1.96. The van der Waals surface area contributed by atoms with Crippen LogP contribution in [-0.4, -0.2) is 16.4 Å². The molecular weight excluding hydrogens is 199 g/mol. The van der Waals surface area contributed by atoms with Gasteiger partial charge in [-0.25, -0.2) is 4.79 Å². The van der Waals surface area contributed by atoms with Crippen LogP contribution in [0.25, 0.3) is 0 Å². The SMILES string of the molecule is ClCCl.O=C(O)c1ccccc1. The molecule has 12 heavy (non-hydrogen) atoms. The molecule has 0 aliphatic carbocycles. The molecule has 1 aromatic rings. The van der Waals surface area contributed by atoms with Crippen LogP contribution < -0.4 is 0 Å². The molecule has 2 nitrogen and oxygen atoms in total. The molecule has 1 aromatic carbocycles. The number of carboxylic acids is 1. The molecule has 1 N–H and O–H groups in total. The second kappa shape index (κ2) is 6.95. The molecule has 0 aromatic heterocycles. The maximum absolute atomic E-state index is 10.2. The molecule has 0 saturated carbocycles. The van der Waals surface area contributed by atoms with E-state index in [0.717, 1.165) is 0 Å². The fraction of sp³-hybridized carbons (Fsp3) is 0.125. The highest BCUT2D eigenvalue weighted by Crippen LogP contribution is 1.96. The van der Waals surface area contributed by atoms with E-state index in [0.29, 0.717) is 5.56 Å². The van der Waals surface area contributed by atoms with Crippen LogP contribution in [-0.2, 0) is 0 Å². The van der Waals surface area contributed by atoms with Crippen LogP contribution in [0.1, 0.15) is 10.4 Å². The van der Waals surface area contributed by atoms with Crippen molar-refractivity contribution >= 4 is 29.2 Å². The van der Waals surface area contributed by atoms with E-state index in [-0.39, 0.29) is 5.34 Å². The Hall–Kier alpha value is -0.730. The van der Waals surface area contributed by atoms with Crippen LogP contribution in [0.15, 0.2) is 30.3 Å². The Morgan fingerprint density at radius 1 is 1.25 bits per heavy atom. The molecule has 0 saturated heterocycles. The lowest BCUT2D eigenvalue weighted by molar-refractivity contribution is 0.0697. The topological polar surface area (TPSA) is 37.3 Å². The molecule has 0 radical (unpaired) electrons. The summed E-state index contributed by atoms with van der Waals surface area (Å²) < 4.78 is 0. The summed E-state index contributed by atoms with van der Waals surface area (Å²) in [5, 5.41) is 8.58. The zero-order chi connectivity index (χ0) is 9.40. The number of halogens is 2. The van der Waals surface area contributed by atoms with E-state index < -0.39 is 5.97 Å². The molecule has 0 heterocycles. The standard InChI is InChI=1S/C7H6O2.CH2Cl2/c8-7(9)6-4-2-1-3-5-6;2-1-3/h1-5H,(H,8,9);1H2. The van der Waals surface area contributed by atoms with Crippen molar-refractivity contribution in [3.05, 3.63) is 35.9 Å². The molecule has 0 atom stereocenters. The molecule has 0 amide bonds. The van der Waals surface area contributed by atoms with Crippen LogP contribution >= 0.6 is 23.2 Å². The van der Waals surface area contributed by atoms with Crippen molar-refractivity contribution in [2.75, 3.05) is 5.34 Å². The smallest absolute Gasteiger partial charge is 0.335 e. The summed E-state index contributed by atoms with van der Waals surface area (Å²) in [5.74, 6) is -0.879. The first kappa shape index (κ1) is 11.3. The molecule has 66 valence electrons. The first-order valence-corrected chi connectivity index (χ1v) is 4.19. The van der Waals surface area contributed by atoms with Gasteiger partial charge in [0.05, 0.1) is 10.9 Å². The minimum Gasteiger partial charge on any atom is -0.478 e. The lowest BCUT2D eigenvalue weighted by Gasteiger charge is -1.88. The van der Waals surface area contributed by atoms with Gasteiger partial charge in [0, 0.05) is 0 Å². The van der Waals surface area contributed by atoms with Gasteiger partial charge >= 0.3 is 5.97 Å². The van der Waals surface area contributed by atoms with Crippen molar-refractivity contribution < 1.29 is 9.90 Å². The van der Waals surface area contributed by atoms with Crippen LogP contribution in [0.2, 0.25) is 0 Å². The lowest BCUT2D eigenvalue weighted by Crippen LogP contribution is -1.93. The maximum Gasteiger partial charge on any atom is 0.335 e. The first-order valence-electron chi connectivity index (χ1n) is 3.12. The number of aromatic carboxylic acids is 1. The fourth-order valence-electron chi connectivity index (χ4n) is 0.581. The van der Waals surface area contributed by atoms with Gasteiger partial charge in [0.25, 0.3) is 0 Å². The lowest BCUT2D eigenvalue weighted by atomic mass is 10.2. The molecule has 4 heteroatoms. The van der Waals surface area contributed by atoms with Crippen molar-refractivity contribution in [3.63, 3.8) is 0 Å². The van der Waals surface area contributed by atoms with E-state index in [9.17, 15) is 4.79 Å². The molecule has 0 spiro atoms. The molecule has 1 rings (SSSR count). The van der Waals surface area contributed by atoms with E-state index in [2.05, 4.69) is 0 Å². The highest BCUT2D eigenvalue weighted by molar-refractivity contribution is 6.40.